The summed E-state index contributed by atoms with van der Waals surface area (Å²) >= 11 is 1.62. The zero-order valence-electron chi connectivity index (χ0n) is 12.4. The molecule has 4 nitrogen and oxygen atoms in total. The average Bonchev–Trinajstić information content (AvgIpc) is 2.49. The number of carbonyl (C=O) groups is 2. The van der Waals surface area contributed by atoms with Crippen LogP contribution in [0.15, 0.2) is 24.3 Å². The quantitative estimate of drug-likeness (QED) is 0.592. The summed E-state index contributed by atoms with van der Waals surface area (Å²) in [5.41, 5.74) is 1.77. The zero-order chi connectivity index (χ0) is 15.7. The topological polar surface area (TPSA) is 70.0 Å². The number of carbonyl (C=O) groups excluding carboxylic acids is 2. The van der Waals surface area contributed by atoms with Gasteiger partial charge in [-0.3, -0.25) is 9.59 Å². The summed E-state index contributed by atoms with van der Waals surface area (Å²) in [5.74, 6) is -0.533. The van der Waals surface area contributed by atoms with Gasteiger partial charge in [-0.1, -0.05) is 26.0 Å². The summed E-state index contributed by atoms with van der Waals surface area (Å²) in [6.45, 7) is 4.05. The maximum atomic E-state index is 12.0. The molecule has 112 valence electrons. The first kappa shape index (κ1) is 17.3. The fraction of sp³-hybridized carbons (Fsp3) is 0.438. The van der Waals surface area contributed by atoms with E-state index in [9.17, 15) is 9.59 Å². The van der Waals surface area contributed by atoms with E-state index in [0.717, 1.165) is 17.7 Å². The van der Waals surface area contributed by atoms with Crippen LogP contribution in [0.2, 0.25) is 0 Å². The highest BCUT2D eigenvalue weighted by Crippen LogP contribution is 2.13. The third-order valence-electron chi connectivity index (χ3n) is 3.04. The van der Waals surface area contributed by atoms with E-state index in [2.05, 4.69) is 5.32 Å². The van der Waals surface area contributed by atoms with Crippen LogP contribution in [0.5, 0.6) is 0 Å². The highest BCUT2D eigenvalue weighted by molar-refractivity contribution is 7.99. The Kier molecular flexibility index (Phi) is 7.55. The molecule has 0 spiro atoms. The van der Waals surface area contributed by atoms with Gasteiger partial charge in [0.25, 0.3) is 0 Å². The van der Waals surface area contributed by atoms with Crippen LogP contribution >= 0.6 is 11.8 Å². The lowest BCUT2D eigenvalue weighted by Crippen LogP contribution is -2.28. The number of ketones is 1. The van der Waals surface area contributed by atoms with E-state index < -0.39 is 11.8 Å². The molecular weight excluding hydrogens is 284 g/mol. The van der Waals surface area contributed by atoms with Gasteiger partial charge in [-0.05, 0) is 29.9 Å². The Morgan fingerprint density at radius 1 is 1.29 bits per heavy atom. The van der Waals surface area contributed by atoms with Crippen molar-refractivity contribution in [2.45, 2.75) is 26.7 Å². The van der Waals surface area contributed by atoms with Gasteiger partial charge in [0.2, 0.25) is 5.91 Å². The van der Waals surface area contributed by atoms with Crippen LogP contribution in [-0.4, -0.2) is 23.2 Å². The van der Waals surface area contributed by atoms with Crippen LogP contribution in [0.1, 0.15) is 25.8 Å². The zero-order valence-corrected chi connectivity index (χ0v) is 13.2. The van der Waals surface area contributed by atoms with Crippen molar-refractivity contribution >= 4 is 29.1 Å². The maximum absolute atomic E-state index is 12.0. The lowest BCUT2D eigenvalue weighted by atomic mass is 10.0. The minimum absolute atomic E-state index is 0.249. The second-order valence-electron chi connectivity index (χ2n) is 4.52. The van der Waals surface area contributed by atoms with E-state index >= 15 is 0 Å². The molecule has 1 N–H and O–H groups in total. The molecule has 1 aromatic carbocycles. The van der Waals surface area contributed by atoms with Crippen molar-refractivity contribution in [2.24, 2.45) is 5.92 Å². The number of nitriles is 1. The molecule has 0 fully saturated rings. The first-order valence-corrected chi connectivity index (χ1v) is 8.17. The highest BCUT2D eigenvalue weighted by atomic mass is 32.2. The Balaban J connectivity index is 2.62. The lowest BCUT2D eigenvalue weighted by molar-refractivity contribution is -0.128. The summed E-state index contributed by atoms with van der Waals surface area (Å²) < 4.78 is 0. The van der Waals surface area contributed by atoms with Crippen molar-refractivity contribution in [3.8, 4) is 6.07 Å². The Morgan fingerprint density at radius 3 is 2.48 bits per heavy atom. The molecule has 0 saturated heterocycles. The van der Waals surface area contributed by atoms with Crippen LogP contribution < -0.4 is 5.32 Å². The number of rotatable bonds is 8. The van der Waals surface area contributed by atoms with Gasteiger partial charge in [-0.25, -0.2) is 0 Å². The van der Waals surface area contributed by atoms with E-state index in [1.807, 2.05) is 26.0 Å². The van der Waals surface area contributed by atoms with Crippen molar-refractivity contribution < 1.29 is 9.59 Å². The summed E-state index contributed by atoms with van der Waals surface area (Å²) in [7, 11) is 0. The molecule has 1 atom stereocenters. The number of anilines is 1. The van der Waals surface area contributed by atoms with Crippen LogP contribution in [0, 0.1) is 17.2 Å². The second-order valence-corrected chi connectivity index (χ2v) is 5.91. The van der Waals surface area contributed by atoms with Gasteiger partial charge in [0.15, 0.2) is 11.7 Å². The standard InChI is InChI=1S/C16H20N2O2S/c1-3-12-5-7-13(8-6-12)18-16(20)14(11-17)15(19)9-10-21-4-2/h5-8,14H,3-4,9-10H2,1-2H3,(H,18,20). The van der Waals surface area contributed by atoms with Crippen LogP contribution in [0.3, 0.4) is 0 Å². The highest BCUT2D eigenvalue weighted by Gasteiger charge is 2.25. The minimum Gasteiger partial charge on any atom is -0.325 e. The molecule has 0 aromatic heterocycles. The Morgan fingerprint density at radius 2 is 1.95 bits per heavy atom. The number of nitrogens with one attached hydrogen (secondary N) is 1. The summed E-state index contributed by atoms with van der Waals surface area (Å²) in [6, 6.07) is 9.19. The van der Waals surface area contributed by atoms with Gasteiger partial charge in [0.1, 0.15) is 0 Å². The van der Waals surface area contributed by atoms with Crippen molar-refractivity contribution in [3.05, 3.63) is 29.8 Å². The smallest absolute Gasteiger partial charge is 0.249 e. The molecule has 1 rings (SSSR count). The fourth-order valence-corrected chi connectivity index (χ4v) is 2.41. The molecule has 0 radical (unpaired) electrons. The fourth-order valence-electron chi connectivity index (χ4n) is 1.78. The summed E-state index contributed by atoms with van der Waals surface area (Å²) in [4.78, 5) is 23.9. The first-order valence-electron chi connectivity index (χ1n) is 7.02. The molecule has 1 unspecified atom stereocenters. The minimum atomic E-state index is -1.23. The third-order valence-corrected chi connectivity index (χ3v) is 3.94. The number of aryl methyl sites for hydroxylation is 1. The molecule has 0 heterocycles. The maximum Gasteiger partial charge on any atom is 0.249 e. The molecular formula is C16H20N2O2S. The molecule has 0 aliphatic rings. The lowest BCUT2D eigenvalue weighted by Gasteiger charge is -2.10. The third kappa shape index (κ3) is 5.60. The van der Waals surface area contributed by atoms with E-state index in [0.29, 0.717) is 11.4 Å². The van der Waals surface area contributed by atoms with Gasteiger partial charge >= 0.3 is 0 Å². The van der Waals surface area contributed by atoms with Gasteiger partial charge in [-0.2, -0.15) is 17.0 Å². The van der Waals surface area contributed by atoms with Crippen molar-refractivity contribution in [3.63, 3.8) is 0 Å². The van der Waals surface area contributed by atoms with E-state index in [1.54, 1.807) is 30.0 Å². The molecule has 0 bridgehead atoms. The predicted octanol–water partition coefficient (Wildman–Crippen LogP) is 3.04. The molecule has 5 heteroatoms. The van der Waals surface area contributed by atoms with Gasteiger partial charge in [0, 0.05) is 17.9 Å². The number of nitrogens with zero attached hydrogens (tertiary/aromatic N) is 1. The molecule has 0 aliphatic heterocycles. The second kappa shape index (κ2) is 9.19. The summed E-state index contributed by atoms with van der Waals surface area (Å²) in [5, 5.41) is 11.7. The molecule has 21 heavy (non-hydrogen) atoms. The molecule has 0 saturated carbocycles. The number of hydrogen-bond donors (Lipinski definition) is 1. The van der Waals surface area contributed by atoms with Crippen LogP contribution in [0.4, 0.5) is 5.69 Å². The first-order chi connectivity index (χ1) is 10.1. The number of amides is 1. The van der Waals surface area contributed by atoms with E-state index in [1.165, 1.54) is 0 Å². The number of benzene rings is 1. The number of hydrogen-bond acceptors (Lipinski definition) is 4. The van der Waals surface area contributed by atoms with Gasteiger partial charge < -0.3 is 5.32 Å². The van der Waals surface area contributed by atoms with Crippen molar-refractivity contribution in [1.29, 1.82) is 5.26 Å². The predicted molar refractivity (Wildman–Crippen MR) is 86.2 cm³/mol. The molecule has 0 aliphatic carbocycles. The SMILES string of the molecule is CCSCCC(=O)C(C#N)C(=O)Nc1ccc(CC)cc1. The van der Waals surface area contributed by atoms with Crippen molar-refractivity contribution in [1.82, 2.24) is 0 Å². The monoisotopic (exact) mass is 304 g/mol. The van der Waals surface area contributed by atoms with E-state index in [4.69, 9.17) is 5.26 Å². The molecule has 1 aromatic rings. The molecule has 1 amide bonds. The Hall–Kier alpha value is -1.80. The van der Waals surface area contributed by atoms with Crippen LogP contribution in [-0.2, 0) is 16.0 Å². The normalized spacial score (nSPS) is 11.5. The Bertz CT molecular complexity index is 520. The number of Topliss-reactive ketones (excluding diaryl/α,β-unsaturated/α-hetero) is 1. The summed E-state index contributed by atoms with van der Waals surface area (Å²) in [6.07, 6.45) is 1.17. The van der Waals surface area contributed by atoms with E-state index in [-0.39, 0.29) is 12.2 Å². The number of thioether (sulfide) groups is 1. The van der Waals surface area contributed by atoms with Gasteiger partial charge in [-0.15, -0.1) is 0 Å². The van der Waals surface area contributed by atoms with Gasteiger partial charge in [0.05, 0.1) is 6.07 Å². The van der Waals surface area contributed by atoms with Crippen LogP contribution in [0.25, 0.3) is 0 Å². The van der Waals surface area contributed by atoms with Crippen molar-refractivity contribution in [2.75, 3.05) is 16.8 Å². The average molecular weight is 304 g/mol. The largest absolute Gasteiger partial charge is 0.325 e. The Labute approximate surface area is 129 Å².